The molecule has 0 saturated carbocycles. The number of benzene rings is 1. The van der Waals surface area contributed by atoms with E-state index in [9.17, 15) is 0 Å². The Hall–Kier alpha value is -2.30. The van der Waals surface area contributed by atoms with Crippen LogP contribution >= 0.6 is 0 Å². The van der Waals surface area contributed by atoms with Crippen LogP contribution in [0.3, 0.4) is 0 Å². The van der Waals surface area contributed by atoms with Crippen LogP contribution in [0, 0.1) is 0 Å². The van der Waals surface area contributed by atoms with Gasteiger partial charge in [0.2, 0.25) is 11.9 Å². The molecule has 0 amide bonds. The van der Waals surface area contributed by atoms with E-state index in [-0.39, 0.29) is 0 Å². The van der Waals surface area contributed by atoms with E-state index in [0.29, 0.717) is 11.9 Å². The van der Waals surface area contributed by atoms with E-state index in [1.807, 2.05) is 30.3 Å². The average Bonchev–Trinajstić information content (AvgIpc) is 2.71. The lowest BCUT2D eigenvalue weighted by Gasteiger charge is -2.03. The molecular weight excluding hydrogens is 190 g/mol. The molecule has 0 spiro atoms. The number of nitrogens with two attached hydrogens (primary N) is 1. The van der Waals surface area contributed by atoms with E-state index >= 15 is 0 Å². The maximum absolute atomic E-state index is 5.68. The zero-order valence-electron chi connectivity index (χ0n) is 8.01. The molecule has 1 aromatic heterocycles. The van der Waals surface area contributed by atoms with Crippen molar-refractivity contribution >= 4 is 17.6 Å². The van der Waals surface area contributed by atoms with E-state index < -0.39 is 0 Å². The number of rotatable bonds is 2. The first-order chi connectivity index (χ1) is 7.34. The Kier molecular flexibility index (Phi) is 2.64. The molecular formula is C10H11N5. The Morgan fingerprint density at radius 2 is 2.13 bits per heavy atom. The molecule has 0 aliphatic rings. The number of nitrogens with one attached hydrogen (secondary N) is 2. The lowest BCUT2D eigenvalue weighted by molar-refractivity contribution is 1.23. The molecule has 0 unspecified atom stereocenters. The highest BCUT2D eigenvalue weighted by atomic mass is 15.2. The molecule has 0 fully saturated rings. The number of nitrogens with zero attached hydrogens (tertiary/aromatic N) is 2. The number of H-pyrrole nitrogens is 1. The molecule has 0 radical (unpaired) electrons. The summed E-state index contributed by atoms with van der Waals surface area (Å²) >= 11 is 0. The number of anilines is 1. The van der Waals surface area contributed by atoms with Gasteiger partial charge in [0.1, 0.15) is 0 Å². The van der Waals surface area contributed by atoms with E-state index in [0.717, 1.165) is 5.69 Å². The summed E-state index contributed by atoms with van der Waals surface area (Å²) in [6.07, 6.45) is 3.31. The third kappa shape index (κ3) is 2.57. The largest absolute Gasteiger partial charge is 0.369 e. The van der Waals surface area contributed by atoms with Gasteiger partial charge in [-0.25, -0.2) is 4.98 Å². The van der Waals surface area contributed by atoms with Crippen molar-refractivity contribution in [3.8, 4) is 0 Å². The van der Waals surface area contributed by atoms with E-state index in [1.54, 1.807) is 12.4 Å². The van der Waals surface area contributed by atoms with Gasteiger partial charge in [-0.15, -0.1) is 0 Å². The minimum atomic E-state index is 0.302. The molecule has 2 rings (SSSR count). The fourth-order valence-electron chi connectivity index (χ4n) is 1.13. The van der Waals surface area contributed by atoms with E-state index in [4.69, 9.17) is 5.73 Å². The van der Waals surface area contributed by atoms with Crippen molar-refractivity contribution in [2.24, 2.45) is 10.7 Å². The maximum Gasteiger partial charge on any atom is 0.230 e. The zero-order valence-corrected chi connectivity index (χ0v) is 8.01. The summed E-state index contributed by atoms with van der Waals surface area (Å²) in [6.45, 7) is 0. The van der Waals surface area contributed by atoms with Gasteiger partial charge in [-0.05, 0) is 12.1 Å². The molecule has 0 aliphatic heterocycles. The molecule has 2 aromatic rings. The van der Waals surface area contributed by atoms with Crippen molar-refractivity contribution in [1.29, 1.82) is 0 Å². The van der Waals surface area contributed by atoms with Crippen LogP contribution < -0.4 is 11.1 Å². The molecule has 0 aliphatic carbocycles. The average molecular weight is 201 g/mol. The van der Waals surface area contributed by atoms with E-state index in [1.165, 1.54) is 0 Å². The standard InChI is InChI=1S/C10H11N5/c11-9(15-10-12-6-7-13-10)14-8-4-2-1-3-5-8/h1-7H,(H4,11,12,13,14,15). The zero-order chi connectivity index (χ0) is 10.5. The molecule has 15 heavy (non-hydrogen) atoms. The van der Waals surface area contributed by atoms with Crippen molar-refractivity contribution in [2.45, 2.75) is 0 Å². The van der Waals surface area contributed by atoms with Gasteiger partial charge in [-0.3, -0.25) is 0 Å². The number of aliphatic imine (C=N–C) groups is 1. The minimum Gasteiger partial charge on any atom is -0.369 e. The number of para-hydroxylation sites is 1. The van der Waals surface area contributed by atoms with Gasteiger partial charge in [-0.1, -0.05) is 18.2 Å². The molecule has 0 saturated heterocycles. The lowest BCUT2D eigenvalue weighted by Crippen LogP contribution is -2.21. The highest BCUT2D eigenvalue weighted by Crippen LogP contribution is 2.05. The second-order valence-electron chi connectivity index (χ2n) is 2.90. The number of hydrogen-bond acceptors (Lipinski definition) is 2. The Morgan fingerprint density at radius 3 is 2.80 bits per heavy atom. The summed E-state index contributed by atoms with van der Waals surface area (Å²) in [6, 6.07) is 9.59. The van der Waals surface area contributed by atoms with Crippen molar-refractivity contribution in [3.63, 3.8) is 0 Å². The molecule has 0 bridgehead atoms. The van der Waals surface area contributed by atoms with Crippen LogP contribution in [0.15, 0.2) is 47.7 Å². The van der Waals surface area contributed by atoms with Crippen LogP contribution in [-0.4, -0.2) is 15.9 Å². The first kappa shape index (κ1) is 9.26. The second kappa shape index (κ2) is 4.28. The van der Waals surface area contributed by atoms with Gasteiger partial charge in [0.15, 0.2) is 0 Å². The van der Waals surface area contributed by atoms with Gasteiger partial charge in [-0.2, -0.15) is 4.99 Å². The fourth-order valence-corrected chi connectivity index (χ4v) is 1.13. The normalized spacial score (nSPS) is 11.3. The Bertz CT molecular complexity index is 432. The number of hydrogen-bond donors (Lipinski definition) is 3. The second-order valence-corrected chi connectivity index (χ2v) is 2.90. The summed E-state index contributed by atoms with van der Waals surface area (Å²) in [5.41, 5.74) is 6.57. The van der Waals surface area contributed by atoms with Gasteiger partial charge in [0.25, 0.3) is 0 Å². The molecule has 5 heteroatoms. The summed E-state index contributed by atoms with van der Waals surface area (Å²) in [5.74, 6) is 0.784. The van der Waals surface area contributed by atoms with Gasteiger partial charge in [0.05, 0.1) is 0 Å². The molecule has 76 valence electrons. The summed E-state index contributed by atoms with van der Waals surface area (Å²) in [7, 11) is 0. The van der Waals surface area contributed by atoms with Crippen LogP contribution in [0.2, 0.25) is 0 Å². The van der Waals surface area contributed by atoms with Gasteiger partial charge < -0.3 is 16.0 Å². The number of aromatic nitrogens is 2. The molecule has 4 N–H and O–H groups in total. The van der Waals surface area contributed by atoms with Crippen LogP contribution in [0.25, 0.3) is 0 Å². The summed E-state index contributed by atoms with van der Waals surface area (Å²) < 4.78 is 0. The van der Waals surface area contributed by atoms with Crippen LogP contribution in [0.5, 0.6) is 0 Å². The molecule has 5 nitrogen and oxygen atoms in total. The topological polar surface area (TPSA) is 79.1 Å². The van der Waals surface area contributed by atoms with Crippen LogP contribution in [0.1, 0.15) is 0 Å². The Balaban J connectivity index is 2.07. The SMILES string of the molecule is NC(=Nc1ncc[nH]1)Nc1ccccc1. The number of imidazole rings is 1. The third-order valence-electron chi connectivity index (χ3n) is 1.76. The van der Waals surface area contributed by atoms with Crippen LogP contribution in [-0.2, 0) is 0 Å². The highest BCUT2D eigenvalue weighted by Gasteiger charge is 1.95. The number of aromatic amines is 1. The predicted molar refractivity (Wildman–Crippen MR) is 59.9 cm³/mol. The summed E-state index contributed by atoms with van der Waals surface area (Å²) in [4.78, 5) is 10.8. The first-order valence-electron chi connectivity index (χ1n) is 4.50. The van der Waals surface area contributed by atoms with Crippen molar-refractivity contribution in [1.82, 2.24) is 9.97 Å². The van der Waals surface area contributed by atoms with Crippen LogP contribution in [0.4, 0.5) is 11.6 Å². The lowest BCUT2D eigenvalue weighted by atomic mass is 10.3. The first-order valence-corrected chi connectivity index (χ1v) is 4.50. The summed E-state index contributed by atoms with van der Waals surface area (Å²) in [5, 5.41) is 2.95. The van der Waals surface area contributed by atoms with Gasteiger partial charge in [0, 0.05) is 18.1 Å². The molecule has 1 aromatic carbocycles. The Labute approximate surface area is 87.1 Å². The molecule has 1 heterocycles. The monoisotopic (exact) mass is 201 g/mol. The molecule has 0 atom stereocenters. The third-order valence-corrected chi connectivity index (χ3v) is 1.76. The quantitative estimate of drug-likeness (QED) is 0.508. The fraction of sp³-hybridized carbons (Fsp3) is 0. The van der Waals surface area contributed by atoms with Crippen molar-refractivity contribution in [2.75, 3.05) is 5.32 Å². The minimum absolute atomic E-state index is 0.302. The predicted octanol–water partition coefficient (Wildman–Crippen LogP) is 1.47. The van der Waals surface area contributed by atoms with Crippen molar-refractivity contribution in [3.05, 3.63) is 42.7 Å². The Morgan fingerprint density at radius 1 is 1.33 bits per heavy atom. The smallest absolute Gasteiger partial charge is 0.230 e. The maximum atomic E-state index is 5.68. The van der Waals surface area contributed by atoms with Gasteiger partial charge >= 0.3 is 0 Å². The van der Waals surface area contributed by atoms with Crippen molar-refractivity contribution < 1.29 is 0 Å². The van der Waals surface area contributed by atoms with E-state index in [2.05, 4.69) is 20.3 Å². The number of guanidine groups is 1. The highest BCUT2D eigenvalue weighted by molar-refractivity contribution is 5.93.